The molecule has 1 rings (SSSR count). The molecule has 0 aromatic carbocycles. The second-order valence-electron chi connectivity index (χ2n) is 4.08. The third-order valence-electron chi connectivity index (χ3n) is 3.12. The van der Waals surface area contributed by atoms with E-state index in [2.05, 4.69) is 0 Å². The molecule has 6 heteroatoms. The third-order valence-corrected chi connectivity index (χ3v) is 5.50. The van der Waals surface area contributed by atoms with E-state index < -0.39 is 10.2 Å². The van der Waals surface area contributed by atoms with Crippen molar-refractivity contribution in [3.63, 3.8) is 0 Å². The van der Waals surface area contributed by atoms with Crippen molar-refractivity contribution in [2.45, 2.75) is 26.7 Å². The lowest BCUT2D eigenvalue weighted by atomic mass is 10.1. The van der Waals surface area contributed by atoms with Gasteiger partial charge in [-0.3, -0.25) is 0 Å². The molecule has 4 nitrogen and oxygen atoms in total. The number of halogens is 1. The van der Waals surface area contributed by atoms with Crippen molar-refractivity contribution in [1.82, 2.24) is 8.61 Å². The van der Waals surface area contributed by atoms with Crippen LogP contribution in [-0.2, 0) is 10.2 Å². The fourth-order valence-corrected chi connectivity index (χ4v) is 4.13. The van der Waals surface area contributed by atoms with Crippen molar-refractivity contribution >= 4 is 21.8 Å². The fraction of sp³-hybridized carbons (Fsp3) is 1.00. The summed E-state index contributed by atoms with van der Waals surface area (Å²) in [6.45, 7) is 6.08. The van der Waals surface area contributed by atoms with E-state index in [0.717, 1.165) is 12.8 Å². The lowest BCUT2D eigenvalue weighted by molar-refractivity contribution is 0.372. The Morgan fingerprint density at radius 3 is 2.50 bits per heavy atom. The number of nitrogens with zero attached hydrogens (tertiary/aromatic N) is 2. The molecule has 0 bridgehead atoms. The minimum atomic E-state index is -3.23. The van der Waals surface area contributed by atoms with Crippen molar-refractivity contribution in [3.05, 3.63) is 0 Å². The fourth-order valence-electron chi connectivity index (χ4n) is 2.11. The second-order valence-corrected chi connectivity index (χ2v) is 6.39. The molecule has 0 spiro atoms. The average molecular weight is 269 g/mol. The SMILES string of the molecule is CCN(CC)S(=O)(=O)N1CCC(CCCl)C1. The van der Waals surface area contributed by atoms with Gasteiger partial charge in [-0.25, -0.2) is 0 Å². The van der Waals surface area contributed by atoms with Gasteiger partial charge in [0.15, 0.2) is 0 Å². The molecular weight excluding hydrogens is 248 g/mol. The van der Waals surface area contributed by atoms with E-state index in [4.69, 9.17) is 11.6 Å². The summed E-state index contributed by atoms with van der Waals surface area (Å²) in [7, 11) is -3.23. The maximum atomic E-state index is 12.2. The zero-order valence-corrected chi connectivity index (χ0v) is 11.6. The molecule has 1 fully saturated rings. The van der Waals surface area contributed by atoms with Gasteiger partial charge in [0.05, 0.1) is 0 Å². The van der Waals surface area contributed by atoms with Crippen LogP contribution >= 0.6 is 11.6 Å². The Labute approximate surface area is 104 Å². The van der Waals surface area contributed by atoms with Crippen LogP contribution in [0.15, 0.2) is 0 Å². The lowest BCUT2D eigenvalue weighted by Gasteiger charge is -2.25. The van der Waals surface area contributed by atoms with Crippen molar-refractivity contribution in [3.8, 4) is 0 Å². The summed E-state index contributed by atoms with van der Waals surface area (Å²) in [5.41, 5.74) is 0. The number of alkyl halides is 1. The first-order valence-electron chi connectivity index (χ1n) is 5.87. The normalized spacial score (nSPS) is 23.1. The quantitative estimate of drug-likeness (QED) is 0.686. The predicted octanol–water partition coefficient (Wildman–Crippen LogP) is 1.52. The summed E-state index contributed by atoms with van der Waals surface area (Å²) in [6, 6.07) is 0. The largest absolute Gasteiger partial charge is 0.281 e. The molecule has 1 unspecified atom stereocenters. The Morgan fingerprint density at radius 2 is 2.00 bits per heavy atom. The van der Waals surface area contributed by atoms with Gasteiger partial charge < -0.3 is 0 Å². The monoisotopic (exact) mass is 268 g/mol. The van der Waals surface area contributed by atoms with Gasteiger partial charge in [0.1, 0.15) is 0 Å². The van der Waals surface area contributed by atoms with Crippen molar-refractivity contribution in [2.24, 2.45) is 5.92 Å². The summed E-state index contributed by atoms with van der Waals surface area (Å²) in [6.07, 6.45) is 1.85. The Balaban J connectivity index is 2.64. The van der Waals surface area contributed by atoms with Gasteiger partial charge in [-0.05, 0) is 18.8 Å². The van der Waals surface area contributed by atoms with Crippen molar-refractivity contribution < 1.29 is 8.42 Å². The van der Waals surface area contributed by atoms with Crippen molar-refractivity contribution in [1.29, 1.82) is 0 Å². The Morgan fingerprint density at radius 1 is 1.38 bits per heavy atom. The van der Waals surface area contributed by atoms with Gasteiger partial charge in [0.2, 0.25) is 0 Å². The van der Waals surface area contributed by atoms with Gasteiger partial charge in [0, 0.05) is 32.1 Å². The maximum Gasteiger partial charge on any atom is 0.281 e. The first-order chi connectivity index (χ1) is 7.56. The highest BCUT2D eigenvalue weighted by molar-refractivity contribution is 7.86. The van der Waals surface area contributed by atoms with Gasteiger partial charge in [-0.15, -0.1) is 11.6 Å². The molecule has 1 saturated heterocycles. The summed E-state index contributed by atoms with van der Waals surface area (Å²) in [4.78, 5) is 0. The van der Waals surface area contributed by atoms with Crippen LogP contribution in [0.5, 0.6) is 0 Å². The standard InChI is InChI=1S/C10H21ClN2O2S/c1-3-12(4-2)16(14,15)13-8-6-10(9-13)5-7-11/h10H,3-9H2,1-2H3. The molecule has 0 amide bonds. The second kappa shape index (κ2) is 6.19. The Kier molecular flexibility index (Phi) is 5.50. The molecule has 1 heterocycles. The van der Waals surface area contributed by atoms with Gasteiger partial charge in [-0.1, -0.05) is 13.8 Å². The van der Waals surface area contributed by atoms with E-state index in [1.807, 2.05) is 13.8 Å². The predicted molar refractivity (Wildman–Crippen MR) is 66.9 cm³/mol. The summed E-state index contributed by atoms with van der Waals surface area (Å²) in [5, 5.41) is 0. The van der Waals surface area contributed by atoms with Crippen LogP contribution in [-0.4, -0.2) is 49.1 Å². The molecule has 0 aromatic rings. The average Bonchev–Trinajstić information content (AvgIpc) is 2.69. The first-order valence-corrected chi connectivity index (χ1v) is 7.80. The molecule has 0 aromatic heterocycles. The Hall–Kier alpha value is 0.160. The van der Waals surface area contributed by atoms with Gasteiger partial charge in [0.25, 0.3) is 10.2 Å². The number of rotatable bonds is 6. The van der Waals surface area contributed by atoms with Crippen molar-refractivity contribution in [2.75, 3.05) is 32.1 Å². The first kappa shape index (κ1) is 14.2. The van der Waals surface area contributed by atoms with Crippen LogP contribution in [0.25, 0.3) is 0 Å². The van der Waals surface area contributed by atoms with E-state index in [1.54, 1.807) is 4.31 Å². The van der Waals surface area contributed by atoms with E-state index in [-0.39, 0.29) is 0 Å². The van der Waals surface area contributed by atoms with E-state index in [9.17, 15) is 8.42 Å². The maximum absolute atomic E-state index is 12.2. The van der Waals surface area contributed by atoms with Crippen LogP contribution in [0.2, 0.25) is 0 Å². The van der Waals surface area contributed by atoms with E-state index in [0.29, 0.717) is 38.0 Å². The van der Waals surface area contributed by atoms with Crippen LogP contribution < -0.4 is 0 Å². The van der Waals surface area contributed by atoms with Crippen LogP contribution in [0, 0.1) is 5.92 Å². The number of hydrogen-bond donors (Lipinski definition) is 0. The summed E-state index contributed by atoms with van der Waals surface area (Å²) in [5.74, 6) is 1.05. The lowest BCUT2D eigenvalue weighted by Crippen LogP contribution is -2.42. The highest BCUT2D eigenvalue weighted by Crippen LogP contribution is 2.24. The minimum absolute atomic E-state index is 0.433. The molecule has 1 atom stereocenters. The molecule has 0 N–H and O–H groups in total. The Bertz CT molecular complexity index is 304. The summed E-state index contributed by atoms with van der Waals surface area (Å²) < 4.78 is 27.4. The zero-order valence-electron chi connectivity index (χ0n) is 10.0. The third kappa shape index (κ3) is 3.09. The summed E-state index contributed by atoms with van der Waals surface area (Å²) >= 11 is 5.68. The van der Waals surface area contributed by atoms with Crippen LogP contribution in [0.3, 0.4) is 0 Å². The van der Waals surface area contributed by atoms with Gasteiger partial charge in [-0.2, -0.15) is 17.0 Å². The minimum Gasteiger partial charge on any atom is -0.195 e. The zero-order chi connectivity index (χ0) is 12.2. The topological polar surface area (TPSA) is 40.6 Å². The molecule has 0 aliphatic carbocycles. The highest BCUT2D eigenvalue weighted by atomic mass is 35.5. The molecule has 1 aliphatic heterocycles. The number of hydrogen-bond acceptors (Lipinski definition) is 2. The van der Waals surface area contributed by atoms with E-state index >= 15 is 0 Å². The molecule has 1 aliphatic rings. The highest BCUT2D eigenvalue weighted by Gasteiger charge is 2.33. The molecule has 16 heavy (non-hydrogen) atoms. The van der Waals surface area contributed by atoms with Gasteiger partial charge >= 0.3 is 0 Å². The molecular formula is C10H21ClN2O2S. The van der Waals surface area contributed by atoms with Crippen LogP contribution in [0.4, 0.5) is 0 Å². The smallest absolute Gasteiger partial charge is 0.195 e. The van der Waals surface area contributed by atoms with Crippen LogP contribution in [0.1, 0.15) is 26.7 Å². The van der Waals surface area contributed by atoms with E-state index in [1.165, 1.54) is 4.31 Å². The molecule has 0 saturated carbocycles. The molecule has 0 radical (unpaired) electrons. The molecule has 96 valence electrons.